The lowest BCUT2D eigenvalue weighted by Gasteiger charge is -2.08. The van der Waals surface area contributed by atoms with E-state index in [1.807, 2.05) is 6.92 Å². The fourth-order valence-corrected chi connectivity index (χ4v) is 1.79. The Hall–Kier alpha value is -2.44. The van der Waals surface area contributed by atoms with Gasteiger partial charge in [-0.3, -0.25) is 14.7 Å². The van der Waals surface area contributed by atoms with Crippen LogP contribution in [0.5, 0.6) is 5.88 Å². The van der Waals surface area contributed by atoms with Crippen LogP contribution in [0.3, 0.4) is 0 Å². The third kappa shape index (κ3) is 2.54. The molecule has 0 N–H and O–H groups in total. The molecule has 2 rings (SSSR count). The van der Waals surface area contributed by atoms with Crippen LogP contribution in [0, 0.1) is 10.1 Å². The van der Waals surface area contributed by atoms with E-state index in [2.05, 4.69) is 9.97 Å². The van der Waals surface area contributed by atoms with Gasteiger partial charge in [-0.25, -0.2) is 4.98 Å². The van der Waals surface area contributed by atoms with E-state index in [1.54, 1.807) is 17.0 Å². The van der Waals surface area contributed by atoms with Gasteiger partial charge in [0.2, 0.25) is 11.7 Å². The normalized spacial score (nSPS) is 10.4. The second kappa shape index (κ2) is 5.47. The summed E-state index contributed by atoms with van der Waals surface area (Å²) in [5.74, 6) is 1.30. The molecule has 0 bridgehead atoms. The predicted molar refractivity (Wildman–Crippen MR) is 68.6 cm³/mol. The molecule has 0 spiro atoms. The lowest BCUT2D eigenvalue weighted by molar-refractivity contribution is -0.384. The Morgan fingerprint density at radius 1 is 1.47 bits per heavy atom. The van der Waals surface area contributed by atoms with Crippen LogP contribution in [-0.4, -0.2) is 26.6 Å². The van der Waals surface area contributed by atoms with Gasteiger partial charge >= 0.3 is 5.69 Å². The summed E-state index contributed by atoms with van der Waals surface area (Å²) in [4.78, 5) is 19.0. The molecule has 7 heteroatoms. The van der Waals surface area contributed by atoms with Crippen LogP contribution in [0.15, 0.2) is 24.5 Å². The van der Waals surface area contributed by atoms with Crippen LogP contribution in [0.4, 0.5) is 5.69 Å². The van der Waals surface area contributed by atoms with E-state index in [9.17, 15) is 10.1 Å². The minimum absolute atomic E-state index is 0.0730. The van der Waals surface area contributed by atoms with Gasteiger partial charge in [0.05, 0.1) is 12.0 Å². The Labute approximate surface area is 110 Å². The Kier molecular flexibility index (Phi) is 3.74. The molecule has 0 aliphatic rings. The summed E-state index contributed by atoms with van der Waals surface area (Å²) in [7, 11) is 1.47. The number of aromatic nitrogens is 3. The average Bonchev–Trinajstić information content (AvgIpc) is 2.86. The van der Waals surface area contributed by atoms with E-state index >= 15 is 0 Å². The van der Waals surface area contributed by atoms with Gasteiger partial charge in [0.15, 0.2) is 0 Å². The topological polar surface area (TPSA) is 83.1 Å². The van der Waals surface area contributed by atoms with Crippen molar-refractivity contribution in [3.63, 3.8) is 0 Å². The lowest BCUT2D eigenvalue weighted by atomic mass is 10.3. The van der Waals surface area contributed by atoms with Crippen molar-refractivity contribution >= 4 is 5.69 Å². The SMILES string of the molecule is CCCc1nccn1-c1nc(OC)ccc1[N+](=O)[O-]. The monoisotopic (exact) mass is 262 g/mol. The molecule has 0 aromatic carbocycles. The van der Waals surface area contributed by atoms with Crippen molar-refractivity contribution in [1.82, 2.24) is 14.5 Å². The highest BCUT2D eigenvalue weighted by molar-refractivity contribution is 5.49. The molecule has 0 radical (unpaired) electrons. The van der Waals surface area contributed by atoms with E-state index in [1.165, 1.54) is 19.2 Å². The second-order valence-corrected chi connectivity index (χ2v) is 3.92. The summed E-state index contributed by atoms with van der Waals surface area (Å²) in [5, 5.41) is 11.1. The van der Waals surface area contributed by atoms with Crippen LogP contribution in [0.2, 0.25) is 0 Å². The Morgan fingerprint density at radius 3 is 2.89 bits per heavy atom. The van der Waals surface area contributed by atoms with Crippen molar-refractivity contribution < 1.29 is 9.66 Å². The summed E-state index contributed by atoms with van der Waals surface area (Å²) >= 11 is 0. The van der Waals surface area contributed by atoms with Gasteiger partial charge < -0.3 is 4.74 Å². The molecule has 0 aliphatic heterocycles. The summed E-state index contributed by atoms with van der Waals surface area (Å²) in [6.07, 6.45) is 4.90. The lowest BCUT2D eigenvalue weighted by Crippen LogP contribution is -2.07. The first kappa shape index (κ1) is 13.0. The Bertz CT molecular complexity index is 594. The summed E-state index contributed by atoms with van der Waals surface area (Å²) in [5.41, 5.74) is -0.0730. The molecule has 0 aliphatic carbocycles. The number of pyridine rings is 1. The third-order valence-corrected chi connectivity index (χ3v) is 2.65. The van der Waals surface area contributed by atoms with Crippen LogP contribution >= 0.6 is 0 Å². The quantitative estimate of drug-likeness (QED) is 0.609. The number of nitrogens with zero attached hydrogens (tertiary/aromatic N) is 4. The molecule has 2 aromatic rings. The smallest absolute Gasteiger partial charge is 0.312 e. The van der Waals surface area contributed by atoms with Crippen molar-refractivity contribution in [3.05, 3.63) is 40.5 Å². The fourth-order valence-electron chi connectivity index (χ4n) is 1.79. The number of hydrogen-bond donors (Lipinski definition) is 0. The Morgan fingerprint density at radius 2 is 2.26 bits per heavy atom. The van der Waals surface area contributed by atoms with Crippen LogP contribution in [-0.2, 0) is 6.42 Å². The first-order valence-corrected chi connectivity index (χ1v) is 5.89. The maximum absolute atomic E-state index is 11.1. The number of nitro groups is 1. The number of ether oxygens (including phenoxy) is 1. The highest BCUT2D eigenvalue weighted by Crippen LogP contribution is 2.25. The highest BCUT2D eigenvalue weighted by atomic mass is 16.6. The fraction of sp³-hybridized carbons (Fsp3) is 0.333. The van der Waals surface area contributed by atoms with Crippen LogP contribution < -0.4 is 4.74 Å². The number of imidazole rings is 1. The highest BCUT2D eigenvalue weighted by Gasteiger charge is 2.20. The molecule has 0 fully saturated rings. The van der Waals surface area contributed by atoms with Gasteiger partial charge in [-0.2, -0.15) is 4.98 Å². The van der Waals surface area contributed by atoms with E-state index in [-0.39, 0.29) is 11.5 Å². The number of hydrogen-bond acceptors (Lipinski definition) is 5. The standard InChI is InChI=1S/C12H14N4O3/c1-3-4-10-13-7-8-15(10)12-9(16(17)18)5-6-11(14-12)19-2/h5-8H,3-4H2,1-2H3. The number of rotatable bonds is 5. The first-order chi connectivity index (χ1) is 9.17. The van der Waals surface area contributed by atoms with Gasteiger partial charge in [-0.05, 0) is 6.42 Å². The zero-order valence-corrected chi connectivity index (χ0v) is 10.7. The van der Waals surface area contributed by atoms with Gasteiger partial charge in [0, 0.05) is 30.9 Å². The second-order valence-electron chi connectivity index (χ2n) is 3.92. The zero-order valence-electron chi connectivity index (χ0n) is 10.7. The maximum Gasteiger partial charge on any atom is 0.312 e. The number of aryl methyl sites for hydroxylation is 1. The molecule has 2 aromatic heterocycles. The van der Waals surface area contributed by atoms with Gasteiger partial charge in [0.25, 0.3) is 0 Å². The van der Waals surface area contributed by atoms with Crippen LogP contribution in [0.1, 0.15) is 19.2 Å². The van der Waals surface area contributed by atoms with Crippen molar-refractivity contribution in [1.29, 1.82) is 0 Å². The van der Waals surface area contributed by atoms with E-state index in [0.717, 1.165) is 18.7 Å². The third-order valence-electron chi connectivity index (χ3n) is 2.65. The molecule has 7 nitrogen and oxygen atoms in total. The molecule has 19 heavy (non-hydrogen) atoms. The molecular weight excluding hydrogens is 248 g/mol. The summed E-state index contributed by atoms with van der Waals surface area (Å²) in [6.45, 7) is 2.02. The Balaban J connectivity index is 2.58. The first-order valence-electron chi connectivity index (χ1n) is 5.89. The van der Waals surface area contributed by atoms with Gasteiger partial charge in [0.1, 0.15) is 5.82 Å². The largest absolute Gasteiger partial charge is 0.481 e. The van der Waals surface area contributed by atoms with E-state index in [0.29, 0.717) is 5.88 Å². The minimum atomic E-state index is -0.461. The van der Waals surface area contributed by atoms with Crippen molar-refractivity contribution in [2.45, 2.75) is 19.8 Å². The number of methoxy groups -OCH3 is 1. The predicted octanol–water partition coefficient (Wildman–Crippen LogP) is 2.14. The minimum Gasteiger partial charge on any atom is -0.481 e. The molecule has 0 saturated heterocycles. The molecule has 2 heterocycles. The van der Waals surface area contributed by atoms with Crippen LogP contribution in [0.25, 0.3) is 5.82 Å². The molecule has 0 atom stereocenters. The summed E-state index contributed by atoms with van der Waals surface area (Å²) < 4.78 is 6.65. The van der Waals surface area contributed by atoms with Crippen molar-refractivity contribution in [2.24, 2.45) is 0 Å². The molecular formula is C12H14N4O3. The van der Waals surface area contributed by atoms with Gasteiger partial charge in [-0.1, -0.05) is 6.92 Å². The molecule has 0 saturated carbocycles. The zero-order chi connectivity index (χ0) is 13.8. The van der Waals surface area contributed by atoms with Crippen molar-refractivity contribution in [3.8, 4) is 11.7 Å². The van der Waals surface area contributed by atoms with E-state index < -0.39 is 4.92 Å². The molecule has 100 valence electrons. The summed E-state index contributed by atoms with van der Waals surface area (Å²) in [6, 6.07) is 2.86. The maximum atomic E-state index is 11.1. The van der Waals surface area contributed by atoms with E-state index in [4.69, 9.17) is 4.74 Å². The average molecular weight is 262 g/mol. The molecule has 0 unspecified atom stereocenters. The molecule has 0 amide bonds. The van der Waals surface area contributed by atoms with Gasteiger partial charge in [-0.15, -0.1) is 0 Å². The van der Waals surface area contributed by atoms with Crippen molar-refractivity contribution in [2.75, 3.05) is 7.11 Å².